The molecule has 2 aromatic heterocycles. The van der Waals surface area contributed by atoms with Gasteiger partial charge in [-0.3, -0.25) is 10.00 Å². The Morgan fingerprint density at radius 1 is 1.23 bits per heavy atom. The molecule has 4 rings (SSSR count). The van der Waals surface area contributed by atoms with Gasteiger partial charge in [0.05, 0.1) is 10.6 Å². The Morgan fingerprint density at radius 3 is 2.69 bits per heavy atom. The molecule has 1 fully saturated rings. The van der Waals surface area contributed by atoms with Gasteiger partial charge in [0.2, 0.25) is 0 Å². The molecule has 0 spiro atoms. The number of hydrogen-bond donors (Lipinski definition) is 1. The lowest BCUT2D eigenvalue weighted by atomic mass is 10.2. The maximum absolute atomic E-state index is 13.0. The molecule has 2 amide bonds. The van der Waals surface area contributed by atoms with Crippen molar-refractivity contribution in [1.82, 2.24) is 20.1 Å². The van der Waals surface area contributed by atoms with Gasteiger partial charge >= 0.3 is 6.03 Å². The summed E-state index contributed by atoms with van der Waals surface area (Å²) in [4.78, 5) is 21.8. The van der Waals surface area contributed by atoms with Crippen LogP contribution in [0.2, 0.25) is 0 Å². The number of nitrogens with zero attached hydrogens (tertiary/aromatic N) is 4. The van der Waals surface area contributed by atoms with Crippen LogP contribution in [0.25, 0.3) is 10.6 Å². The molecule has 26 heavy (non-hydrogen) atoms. The van der Waals surface area contributed by atoms with Crippen LogP contribution in [-0.2, 0) is 6.54 Å². The van der Waals surface area contributed by atoms with Crippen LogP contribution in [0.3, 0.4) is 0 Å². The highest BCUT2D eigenvalue weighted by atomic mass is 32.1. The molecule has 6 nitrogen and oxygen atoms in total. The number of aryl methyl sites for hydroxylation is 2. The van der Waals surface area contributed by atoms with Crippen LogP contribution < -0.4 is 4.90 Å². The van der Waals surface area contributed by atoms with Crippen molar-refractivity contribution >= 4 is 22.5 Å². The molecule has 1 aliphatic heterocycles. The van der Waals surface area contributed by atoms with Crippen molar-refractivity contribution in [3.8, 4) is 10.6 Å². The van der Waals surface area contributed by atoms with Gasteiger partial charge in [-0.15, -0.1) is 0 Å². The Morgan fingerprint density at radius 2 is 2.00 bits per heavy atom. The Balaban J connectivity index is 1.52. The molecule has 1 aliphatic rings. The van der Waals surface area contributed by atoms with Crippen molar-refractivity contribution in [3.63, 3.8) is 0 Å². The van der Waals surface area contributed by atoms with Gasteiger partial charge in [-0.25, -0.2) is 14.2 Å². The van der Waals surface area contributed by atoms with Gasteiger partial charge in [0.1, 0.15) is 11.5 Å². The zero-order valence-electron chi connectivity index (χ0n) is 14.5. The molecule has 0 bridgehead atoms. The van der Waals surface area contributed by atoms with Gasteiger partial charge in [0, 0.05) is 25.3 Å². The fourth-order valence-corrected chi connectivity index (χ4v) is 4.03. The number of nitrogens with one attached hydrogen (secondary N) is 1. The molecule has 0 aliphatic carbocycles. The highest BCUT2D eigenvalue weighted by molar-refractivity contribution is 7.19. The van der Waals surface area contributed by atoms with E-state index < -0.39 is 0 Å². The molecule has 1 saturated heterocycles. The van der Waals surface area contributed by atoms with Gasteiger partial charge in [0.25, 0.3) is 0 Å². The second-order valence-corrected chi connectivity index (χ2v) is 7.31. The number of hydrogen-bond acceptors (Lipinski definition) is 4. The van der Waals surface area contributed by atoms with Gasteiger partial charge in [-0.2, -0.15) is 5.10 Å². The number of anilines is 1. The normalized spacial score (nSPS) is 14.5. The standard InChI is InChI=1S/C18H18FN5OS/c1-11-9-15(22-21-11)16-12(2)20-17(26-16)24-8-7-23(18(24)25)10-13-3-5-14(19)6-4-13/h3-6,9H,7-8,10H2,1-2H3,(H,21,22). The largest absolute Gasteiger partial charge is 0.326 e. The lowest BCUT2D eigenvalue weighted by Crippen LogP contribution is -2.31. The number of amides is 2. The minimum absolute atomic E-state index is 0.0761. The van der Waals surface area contributed by atoms with Crippen molar-refractivity contribution in [3.05, 3.63) is 53.1 Å². The third-order valence-electron chi connectivity index (χ3n) is 4.34. The summed E-state index contributed by atoms with van der Waals surface area (Å²) in [6, 6.07) is 8.13. The number of carbonyl (C=O) groups excluding carboxylic acids is 1. The van der Waals surface area contributed by atoms with Crippen LogP contribution in [-0.4, -0.2) is 39.2 Å². The smallest absolute Gasteiger partial charge is 0.318 e. The van der Waals surface area contributed by atoms with E-state index in [-0.39, 0.29) is 11.8 Å². The van der Waals surface area contributed by atoms with E-state index >= 15 is 0 Å². The second-order valence-electron chi connectivity index (χ2n) is 6.33. The first-order chi connectivity index (χ1) is 12.5. The van der Waals surface area contributed by atoms with Crippen molar-refractivity contribution in [2.24, 2.45) is 0 Å². The summed E-state index contributed by atoms with van der Waals surface area (Å²) in [5.74, 6) is -0.275. The molecule has 1 aromatic carbocycles. The quantitative estimate of drug-likeness (QED) is 0.760. The minimum atomic E-state index is -0.275. The highest BCUT2D eigenvalue weighted by Gasteiger charge is 2.32. The molecule has 134 valence electrons. The maximum Gasteiger partial charge on any atom is 0.326 e. The monoisotopic (exact) mass is 371 g/mol. The topological polar surface area (TPSA) is 65.1 Å². The number of thiazole rings is 1. The second kappa shape index (κ2) is 6.53. The minimum Gasteiger partial charge on any atom is -0.318 e. The molecular formula is C18H18FN5OS. The van der Waals surface area contributed by atoms with Gasteiger partial charge in [-0.05, 0) is 37.6 Å². The van der Waals surface area contributed by atoms with Crippen molar-refractivity contribution in [1.29, 1.82) is 0 Å². The number of carbonyl (C=O) groups is 1. The molecule has 3 aromatic rings. The summed E-state index contributed by atoms with van der Waals surface area (Å²) in [5, 5.41) is 7.90. The molecule has 0 radical (unpaired) electrons. The van der Waals surface area contributed by atoms with Crippen LogP contribution in [0.1, 0.15) is 17.0 Å². The van der Waals surface area contributed by atoms with Crippen LogP contribution in [0.4, 0.5) is 14.3 Å². The fraction of sp³-hybridized carbons (Fsp3) is 0.278. The predicted octanol–water partition coefficient (Wildman–Crippen LogP) is 3.73. The zero-order chi connectivity index (χ0) is 18.3. The van der Waals surface area contributed by atoms with Crippen molar-refractivity contribution in [2.45, 2.75) is 20.4 Å². The van der Waals surface area contributed by atoms with Crippen LogP contribution in [0.5, 0.6) is 0 Å². The number of benzene rings is 1. The SMILES string of the molecule is Cc1cc(-c2sc(N3CCN(Cc4ccc(F)cc4)C3=O)nc2C)n[nH]1. The van der Waals surface area contributed by atoms with E-state index in [4.69, 9.17) is 0 Å². The van der Waals surface area contributed by atoms with Gasteiger partial charge < -0.3 is 4.90 Å². The average molecular weight is 371 g/mol. The van der Waals surface area contributed by atoms with E-state index in [1.54, 1.807) is 21.9 Å². The summed E-state index contributed by atoms with van der Waals surface area (Å²) < 4.78 is 13.0. The van der Waals surface area contributed by atoms with E-state index in [2.05, 4.69) is 15.2 Å². The Labute approximate surface area is 154 Å². The summed E-state index contributed by atoms with van der Waals surface area (Å²) in [7, 11) is 0. The van der Waals surface area contributed by atoms with Crippen LogP contribution >= 0.6 is 11.3 Å². The zero-order valence-corrected chi connectivity index (χ0v) is 15.3. The third kappa shape index (κ3) is 3.08. The summed E-state index contributed by atoms with van der Waals surface area (Å²) in [6.45, 7) is 5.55. The summed E-state index contributed by atoms with van der Waals surface area (Å²) in [5.41, 5.74) is 3.60. The Hall–Kier alpha value is -2.74. The van der Waals surface area contributed by atoms with Crippen LogP contribution in [0, 0.1) is 19.7 Å². The fourth-order valence-electron chi connectivity index (χ4n) is 2.99. The highest BCUT2D eigenvalue weighted by Crippen LogP contribution is 2.35. The predicted molar refractivity (Wildman–Crippen MR) is 98.7 cm³/mol. The van der Waals surface area contributed by atoms with E-state index in [1.807, 2.05) is 19.9 Å². The number of aromatic amines is 1. The van der Waals surface area contributed by atoms with E-state index in [1.165, 1.54) is 23.5 Å². The average Bonchev–Trinajstić information content (AvgIpc) is 3.30. The Bertz CT molecular complexity index is 949. The molecule has 0 unspecified atom stereocenters. The first-order valence-electron chi connectivity index (χ1n) is 8.32. The molecule has 0 atom stereocenters. The molecule has 0 saturated carbocycles. The van der Waals surface area contributed by atoms with Crippen LogP contribution in [0.15, 0.2) is 30.3 Å². The van der Waals surface area contributed by atoms with Crippen molar-refractivity contribution in [2.75, 3.05) is 18.0 Å². The number of H-pyrrole nitrogens is 1. The lowest BCUT2D eigenvalue weighted by Gasteiger charge is -2.16. The Kier molecular flexibility index (Phi) is 4.20. The number of halogens is 1. The molecule has 3 heterocycles. The summed E-state index contributed by atoms with van der Waals surface area (Å²) >= 11 is 1.47. The number of rotatable bonds is 4. The first kappa shape index (κ1) is 16.7. The molecule has 1 N–H and O–H groups in total. The van der Waals surface area contributed by atoms with E-state index in [0.29, 0.717) is 24.8 Å². The molecular weight excluding hydrogens is 353 g/mol. The number of aromatic nitrogens is 3. The van der Waals surface area contributed by atoms with Gasteiger partial charge in [0.15, 0.2) is 5.13 Å². The third-order valence-corrected chi connectivity index (χ3v) is 5.54. The maximum atomic E-state index is 13.0. The first-order valence-corrected chi connectivity index (χ1v) is 9.13. The lowest BCUT2D eigenvalue weighted by molar-refractivity contribution is 0.219. The van der Waals surface area contributed by atoms with Crippen molar-refractivity contribution < 1.29 is 9.18 Å². The number of urea groups is 1. The molecule has 8 heteroatoms. The van der Waals surface area contributed by atoms with E-state index in [9.17, 15) is 9.18 Å². The van der Waals surface area contributed by atoms with E-state index in [0.717, 1.165) is 27.5 Å². The summed E-state index contributed by atoms with van der Waals surface area (Å²) in [6.07, 6.45) is 0. The van der Waals surface area contributed by atoms with Gasteiger partial charge in [-0.1, -0.05) is 23.5 Å².